The molecule has 0 bridgehead atoms. The minimum atomic E-state index is -2.66. The molecule has 1 saturated heterocycles. The number of hydrogen-bond acceptors (Lipinski definition) is 9. The maximum absolute atomic E-state index is 14.6. The molecule has 8 rings (SSSR count). The monoisotopic (exact) mass is 701 g/mol. The normalized spacial score (nSPS) is 20.7. The van der Waals surface area contributed by atoms with Crippen molar-refractivity contribution in [2.24, 2.45) is 7.05 Å². The van der Waals surface area contributed by atoms with Crippen molar-refractivity contribution < 1.29 is 28.2 Å². The summed E-state index contributed by atoms with van der Waals surface area (Å²) >= 11 is 0. The van der Waals surface area contributed by atoms with Crippen molar-refractivity contribution in [3.8, 4) is 11.1 Å². The Labute approximate surface area is 293 Å². The number of aromatic nitrogens is 6. The second-order valence-corrected chi connectivity index (χ2v) is 14.1. The Kier molecular flexibility index (Phi) is 8.68. The largest absolute Gasteiger partial charge is 0.478 e. The Hall–Kier alpha value is -4.92. The number of halogens is 2. The van der Waals surface area contributed by atoms with Crippen molar-refractivity contribution in [2.75, 3.05) is 36.0 Å². The van der Waals surface area contributed by atoms with Crippen molar-refractivity contribution in [3.05, 3.63) is 64.9 Å². The molecule has 0 atom stereocenters. The Morgan fingerprint density at radius 3 is 2.43 bits per heavy atom. The van der Waals surface area contributed by atoms with Crippen LogP contribution in [0.1, 0.15) is 84.2 Å². The molecule has 1 N–H and O–H groups in total. The van der Waals surface area contributed by atoms with Crippen LogP contribution >= 0.6 is 0 Å². The van der Waals surface area contributed by atoms with Gasteiger partial charge in [-0.1, -0.05) is 0 Å². The van der Waals surface area contributed by atoms with E-state index in [1.165, 1.54) is 12.4 Å². The maximum atomic E-state index is 14.6. The molecular weight excluding hydrogens is 660 g/mol. The minimum absolute atomic E-state index is 0.00977. The number of aryl methyl sites for hydroxylation is 2. The van der Waals surface area contributed by atoms with E-state index >= 15 is 0 Å². The zero-order chi connectivity index (χ0) is 35.4. The summed E-state index contributed by atoms with van der Waals surface area (Å²) in [5.74, 6) is 0.220. The number of rotatable bonds is 8. The van der Waals surface area contributed by atoms with Crippen LogP contribution in [0.15, 0.2) is 36.9 Å². The molecule has 0 unspecified atom stereocenters. The molecule has 3 aliphatic heterocycles. The molecule has 3 aromatic heterocycles. The second-order valence-electron chi connectivity index (χ2n) is 14.1. The number of carbonyl (C=O) groups excluding carboxylic acids is 1. The first-order valence-electron chi connectivity index (χ1n) is 17.7. The first-order chi connectivity index (χ1) is 24.6. The van der Waals surface area contributed by atoms with Gasteiger partial charge in [0.05, 0.1) is 36.6 Å². The van der Waals surface area contributed by atoms with Crippen LogP contribution in [-0.4, -0.2) is 89.8 Å². The summed E-state index contributed by atoms with van der Waals surface area (Å²) in [4.78, 5) is 37.9. The van der Waals surface area contributed by atoms with Crippen molar-refractivity contribution >= 4 is 29.3 Å². The van der Waals surface area contributed by atoms with Crippen LogP contribution in [0.25, 0.3) is 11.1 Å². The van der Waals surface area contributed by atoms with Crippen LogP contribution in [0, 0.1) is 0 Å². The van der Waals surface area contributed by atoms with E-state index in [2.05, 4.69) is 24.6 Å². The first kappa shape index (κ1) is 33.2. The van der Waals surface area contributed by atoms with E-state index in [1.54, 1.807) is 37.1 Å². The summed E-state index contributed by atoms with van der Waals surface area (Å²) in [6, 6.07) is 3.71. The SMILES string of the molecule is CC(=O)N1CCc2c(c(N3CCCc4cc(-c5cnn(C)c5)c(C(F)F)cc43)nn2C2CCC(OC3CN(c4ncc(C(=O)O)cn4)C3)CC2)C1. The number of hydrogen-bond donors (Lipinski definition) is 1. The fourth-order valence-corrected chi connectivity index (χ4v) is 8.06. The highest BCUT2D eigenvalue weighted by Crippen LogP contribution is 2.44. The van der Waals surface area contributed by atoms with Gasteiger partial charge in [0.1, 0.15) is 0 Å². The van der Waals surface area contributed by atoms with Crippen LogP contribution in [0.2, 0.25) is 0 Å². The van der Waals surface area contributed by atoms with Crippen LogP contribution in [0.3, 0.4) is 0 Å². The molecule has 4 aromatic rings. The average molecular weight is 702 g/mol. The molecule has 15 heteroatoms. The molecule has 268 valence electrons. The van der Waals surface area contributed by atoms with Gasteiger partial charge in [-0.15, -0.1) is 0 Å². The van der Waals surface area contributed by atoms with Crippen molar-refractivity contribution in [1.29, 1.82) is 0 Å². The summed E-state index contributed by atoms with van der Waals surface area (Å²) in [6.45, 7) is 4.62. The van der Waals surface area contributed by atoms with E-state index in [0.717, 1.165) is 66.9 Å². The van der Waals surface area contributed by atoms with Gasteiger partial charge in [-0.2, -0.15) is 10.2 Å². The number of amides is 1. The number of carboxylic acids is 1. The molecule has 51 heavy (non-hydrogen) atoms. The van der Waals surface area contributed by atoms with Crippen molar-refractivity contribution in [2.45, 2.75) is 83.1 Å². The van der Waals surface area contributed by atoms with Crippen LogP contribution in [-0.2, 0) is 36.0 Å². The minimum Gasteiger partial charge on any atom is -0.478 e. The molecule has 0 radical (unpaired) electrons. The highest BCUT2D eigenvalue weighted by Gasteiger charge is 2.37. The Bertz CT molecular complexity index is 1950. The number of carbonyl (C=O) groups is 2. The number of fused-ring (bicyclic) bond motifs is 2. The van der Waals surface area contributed by atoms with E-state index < -0.39 is 12.4 Å². The predicted octanol–water partition coefficient (Wildman–Crippen LogP) is 5.09. The molecule has 4 aliphatic rings. The lowest BCUT2D eigenvalue weighted by Crippen LogP contribution is -2.54. The van der Waals surface area contributed by atoms with Gasteiger partial charge in [-0.3, -0.25) is 14.2 Å². The summed E-state index contributed by atoms with van der Waals surface area (Å²) in [5, 5.41) is 18.6. The number of benzene rings is 1. The van der Waals surface area contributed by atoms with E-state index in [4.69, 9.17) is 14.9 Å². The van der Waals surface area contributed by atoms with Gasteiger partial charge < -0.3 is 24.5 Å². The highest BCUT2D eigenvalue weighted by atomic mass is 19.3. The molecule has 6 heterocycles. The quantitative estimate of drug-likeness (QED) is 0.265. The molecule has 1 saturated carbocycles. The standard InChI is InChI=1S/C36H41F2N9O4/c1-21(48)44-11-9-31-30(20-44)34(46-10-3-4-22-12-28(24-16-41-43(2)17-24)29(33(37)38)13-32(22)46)42-47(31)25-5-7-26(8-6-25)51-27-18-45(19-27)36-39-14-23(15-40-36)35(49)50/h12-17,25-27,33H,3-11,18-20H2,1-2H3,(H,49,50). The molecule has 13 nitrogen and oxygen atoms in total. The van der Waals surface area contributed by atoms with E-state index in [0.29, 0.717) is 56.2 Å². The lowest BCUT2D eigenvalue weighted by Gasteiger charge is -2.42. The molecule has 1 aromatic carbocycles. The third-order valence-electron chi connectivity index (χ3n) is 10.8. The fraction of sp³-hybridized carbons (Fsp3) is 0.500. The van der Waals surface area contributed by atoms with Crippen LogP contribution in [0.5, 0.6) is 0 Å². The van der Waals surface area contributed by atoms with Gasteiger partial charge in [0, 0.05) is 93.2 Å². The molecule has 2 fully saturated rings. The lowest BCUT2D eigenvalue weighted by atomic mass is 9.92. The Morgan fingerprint density at radius 2 is 1.76 bits per heavy atom. The van der Waals surface area contributed by atoms with Crippen LogP contribution < -0.4 is 9.80 Å². The van der Waals surface area contributed by atoms with E-state index in [-0.39, 0.29) is 35.3 Å². The summed E-state index contributed by atoms with van der Waals surface area (Å²) in [7, 11) is 1.78. The topological polar surface area (TPSA) is 135 Å². The lowest BCUT2D eigenvalue weighted by molar-refractivity contribution is -0.129. The van der Waals surface area contributed by atoms with Gasteiger partial charge in [0.25, 0.3) is 6.43 Å². The first-order valence-corrected chi connectivity index (χ1v) is 17.7. The van der Waals surface area contributed by atoms with Gasteiger partial charge in [0.2, 0.25) is 11.9 Å². The maximum Gasteiger partial charge on any atom is 0.338 e. The van der Waals surface area contributed by atoms with Crippen LogP contribution in [0.4, 0.5) is 26.2 Å². The number of anilines is 3. The van der Waals surface area contributed by atoms with Gasteiger partial charge in [0.15, 0.2) is 5.82 Å². The number of carboxylic acid groups (broad SMARTS) is 1. The smallest absolute Gasteiger partial charge is 0.338 e. The molecule has 0 spiro atoms. The van der Waals surface area contributed by atoms with Crippen molar-refractivity contribution in [3.63, 3.8) is 0 Å². The Balaban J connectivity index is 1.01. The highest BCUT2D eigenvalue weighted by molar-refractivity contribution is 5.86. The summed E-state index contributed by atoms with van der Waals surface area (Å²) < 4.78 is 39.5. The molecular formula is C36H41F2N9O4. The third kappa shape index (κ3) is 6.32. The van der Waals surface area contributed by atoms with Crippen molar-refractivity contribution in [1.82, 2.24) is 34.4 Å². The average Bonchev–Trinajstić information content (AvgIpc) is 3.72. The van der Waals surface area contributed by atoms with E-state index in [9.17, 15) is 18.4 Å². The predicted molar refractivity (Wildman–Crippen MR) is 183 cm³/mol. The Morgan fingerprint density at radius 1 is 1.00 bits per heavy atom. The summed E-state index contributed by atoms with van der Waals surface area (Å²) in [6.07, 6.45) is 9.44. The second kappa shape index (κ2) is 13.3. The zero-order valence-electron chi connectivity index (χ0n) is 28.7. The summed E-state index contributed by atoms with van der Waals surface area (Å²) in [5.41, 5.74) is 5.10. The zero-order valence-corrected chi connectivity index (χ0v) is 28.7. The van der Waals surface area contributed by atoms with Gasteiger partial charge >= 0.3 is 5.97 Å². The van der Waals surface area contributed by atoms with Gasteiger partial charge in [-0.25, -0.2) is 23.5 Å². The fourth-order valence-electron chi connectivity index (χ4n) is 8.06. The van der Waals surface area contributed by atoms with E-state index in [1.807, 2.05) is 15.9 Å². The number of aromatic carboxylic acids is 1. The number of nitrogens with zero attached hydrogens (tertiary/aromatic N) is 9. The molecule has 1 aliphatic carbocycles. The number of ether oxygens (including phenoxy) is 1. The molecule has 1 amide bonds. The van der Waals surface area contributed by atoms with Gasteiger partial charge in [-0.05, 0) is 61.8 Å². The number of alkyl halides is 2. The third-order valence-corrected chi connectivity index (χ3v) is 10.8.